The average Bonchev–Trinajstić information content (AvgIpc) is 3.15. The van der Waals surface area contributed by atoms with Crippen molar-refractivity contribution < 1.29 is 13.2 Å². The summed E-state index contributed by atoms with van der Waals surface area (Å²) in [5.74, 6) is 1.34. The van der Waals surface area contributed by atoms with E-state index in [1.807, 2.05) is 17.7 Å². The van der Waals surface area contributed by atoms with Crippen LogP contribution in [0.25, 0.3) is 0 Å². The zero-order valence-corrected chi connectivity index (χ0v) is 19.0. The molecule has 2 aromatic carbocycles. The van der Waals surface area contributed by atoms with Gasteiger partial charge in [-0.3, -0.25) is 0 Å². The van der Waals surface area contributed by atoms with Crippen LogP contribution in [0.5, 0.6) is 5.75 Å². The molecule has 0 fully saturated rings. The zero-order valence-electron chi connectivity index (χ0n) is 18.2. The van der Waals surface area contributed by atoms with Crippen molar-refractivity contribution in [1.29, 1.82) is 0 Å². The first-order valence-electron chi connectivity index (χ1n) is 9.97. The summed E-state index contributed by atoms with van der Waals surface area (Å²) in [6, 6.07) is 10.8. The quantitative estimate of drug-likeness (QED) is 0.543. The van der Waals surface area contributed by atoms with Gasteiger partial charge in [-0.15, -0.1) is 0 Å². The van der Waals surface area contributed by atoms with Crippen molar-refractivity contribution in [2.45, 2.75) is 45.7 Å². The molecule has 0 atom stereocenters. The fraction of sp³-hybridized carbons (Fsp3) is 0.348. The Balaban J connectivity index is 1.86. The van der Waals surface area contributed by atoms with E-state index in [4.69, 9.17) is 4.74 Å². The van der Waals surface area contributed by atoms with Gasteiger partial charge < -0.3 is 9.30 Å². The highest BCUT2D eigenvalue weighted by Crippen LogP contribution is 2.22. The van der Waals surface area contributed by atoms with Crippen molar-refractivity contribution in [3.8, 4) is 5.75 Å². The molecule has 0 amide bonds. The molecular weight excluding hydrogens is 398 g/mol. The molecule has 30 heavy (non-hydrogen) atoms. The number of methoxy groups -OCH3 is 1. The number of hydrogen-bond acceptors (Lipinski definition) is 4. The number of benzene rings is 2. The second kappa shape index (κ2) is 9.02. The Morgan fingerprint density at radius 3 is 2.27 bits per heavy atom. The first-order valence-corrected chi connectivity index (χ1v) is 11.4. The van der Waals surface area contributed by atoms with Gasteiger partial charge in [0.15, 0.2) is 0 Å². The fourth-order valence-electron chi connectivity index (χ4n) is 3.69. The van der Waals surface area contributed by atoms with E-state index in [1.165, 1.54) is 26.6 Å². The SMILES string of the molecule is CCN(Cc1nccn1Cc1c(C)cc(C)cc1C)S(=O)(=O)c1ccc(OC)cc1. The molecule has 0 aliphatic rings. The summed E-state index contributed by atoms with van der Waals surface area (Å²) in [6.07, 6.45) is 3.63. The molecule has 1 heterocycles. The lowest BCUT2D eigenvalue weighted by Gasteiger charge is -2.21. The van der Waals surface area contributed by atoms with Crippen LogP contribution in [-0.2, 0) is 23.1 Å². The topological polar surface area (TPSA) is 64.4 Å². The van der Waals surface area contributed by atoms with E-state index in [2.05, 4.69) is 37.9 Å². The third-order valence-corrected chi connectivity index (χ3v) is 7.27. The van der Waals surface area contributed by atoms with Crippen molar-refractivity contribution in [1.82, 2.24) is 13.9 Å². The Labute approximate surface area is 179 Å². The van der Waals surface area contributed by atoms with E-state index < -0.39 is 10.0 Å². The maximum absolute atomic E-state index is 13.2. The van der Waals surface area contributed by atoms with Gasteiger partial charge in [-0.2, -0.15) is 4.31 Å². The van der Waals surface area contributed by atoms with E-state index in [0.29, 0.717) is 24.7 Å². The van der Waals surface area contributed by atoms with E-state index in [1.54, 1.807) is 37.6 Å². The van der Waals surface area contributed by atoms with Gasteiger partial charge in [0.05, 0.1) is 18.6 Å². The molecule has 0 aliphatic heterocycles. The molecule has 1 aromatic heterocycles. The minimum atomic E-state index is -3.64. The van der Waals surface area contributed by atoms with Gasteiger partial charge in [0.25, 0.3) is 0 Å². The summed E-state index contributed by atoms with van der Waals surface area (Å²) < 4.78 is 34.9. The third kappa shape index (κ3) is 4.57. The first-order chi connectivity index (χ1) is 14.3. The molecule has 0 saturated heterocycles. The van der Waals surface area contributed by atoms with Crippen molar-refractivity contribution in [3.63, 3.8) is 0 Å². The third-order valence-electron chi connectivity index (χ3n) is 5.34. The maximum Gasteiger partial charge on any atom is 0.243 e. The molecule has 7 heteroatoms. The Morgan fingerprint density at radius 2 is 1.70 bits per heavy atom. The molecule has 0 radical (unpaired) electrons. The lowest BCUT2D eigenvalue weighted by atomic mass is 10.00. The van der Waals surface area contributed by atoms with Crippen LogP contribution in [0.2, 0.25) is 0 Å². The minimum Gasteiger partial charge on any atom is -0.497 e. The second-order valence-electron chi connectivity index (χ2n) is 7.46. The number of nitrogens with zero attached hydrogens (tertiary/aromatic N) is 3. The molecule has 0 N–H and O–H groups in total. The predicted octanol–water partition coefficient (Wildman–Crippen LogP) is 4.08. The largest absolute Gasteiger partial charge is 0.497 e. The van der Waals surface area contributed by atoms with Crippen LogP contribution in [-0.4, -0.2) is 35.9 Å². The molecular formula is C23H29N3O3S. The molecule has 3 rings (SSSR count). The predicted molar refractivity (Wildman–Crippen MR) is 118 cm³/mol. The molecule has 160 valence electrons. The van der Waals surface area contributed by atoms with Crippen LogP contribution >= 0.6 is 0 Å². The van der Waals surface area contributed by atoms with Crippen LogP contribution in [0, 0.1) is 20.8 Å². The minimum absolute atomic E-state index is 0.210. The van der Waals surface area contributed by atoms with E-state index in [9.17, 15) is 8.42 Å². The van der Waals surface area contributed by atoms with Crippen LogP contribution in [0.4, 0.5) is 0 Å². The summed E-state index contributed by atoms with van der Waals surface area (Å²) >= 11 is 0. The van der Waals surface area contributed by atoms with Crippen LogP contribution in [0.3, 0.4) is 0 Å². The van der Waals surface area contributed by atoms with Gasteiger partial charge in [-0.1, -0.05) is 24.6 Å². The number of rotatable bonds is 8. The fourth-order valence-corrected chi connectivity index (χ4v) is 5.09. The average molecular weight is 428 g/mol. The zero-order chi connectivity index (χ0) is 21.9. The standard InChI is InChI=1S/C23H29N3O3S/c1-6-26(30(27,28)21-9-7-20(29-5)8-10-21)16-23-24-11-12-25(23)15-22-18(3)13-17(2)14-19(22)4/h7-14H,6,15-16H2,1-5H3. The molecule has 6 nitrogen and oxygen atoms in total. The maximum atomic E-state index is 13.2. The highest BCUT2D eigenvalue weighted by Gasteiger charge is 2.25. The number of sulfonamides is 1. The Kier molecular flexibility index (Phi) is 6.63. The van der Waals surface area contributed by atoms with Gasteiger partial charge >= 0.3 is 0 Å². The van der Waals surface area contributed by atoms with Crippen molar-refractivity contribution in [2.24, 2.45) is 0 Å². The number of hydrogen-bond donors (Lipinski definition) is 0. The van der Waals surface area contributed by atoms with E-state index in [-0.39, 0.29) is 11.4 Å². The summed E-state index contributed by atoms with van der Waals surface area (Å²) in [4.78, 5) is 4.69. The van der Waals surface area contributed by atoms with Gasteiger partial charge in [0.2, 0.25) is 10.0 Å². The number of imidazole rings is 1. The summed E-state index contributed by atoms with van der Waals surface area (Å²) in [7, 11) is -2.08. The lowest BCUT2D eigenvalue weighted by molar-refractivity contribution is 0.406. The summed E-state index contributed by atoms with van der Waals surface area (Å²) in [5.41, 5.74) is 4.93. The summed E-state index contributed by atoms with van der Waals surface area (Å²) in [5, 5.41) is 0. The Hall–Kier alpha value is -2.64. The first kappa shape index (κ1) is 22.1. The van der Waals surface area contributed by atoms with Gasteiger partial charge in [0.1, 0.15) is 11.6 Å². The summed E-state index contributed by atoms with van der Waals surface area (Å²) in [6.45, 7) is 9.37. The van der Waals surface area contributed by atoms with Crippen LogP contribution in [0.15, 0.2) is 53.7 Å². The molecule has 0 unspecified atom stereocenters. The molecule has 0 saturated carbocycles. The Morgan fingerprint density at radius 1 is 1.07 bits per heavy atom. The number of aryl methyl sites for hydroxylation is 3. The van der Waals surface area contributed by atoms with E-state index >= 15 is 0 Å². The van der Waals surface area contributed by atoms with Crippen molar-refractivity contribution in [2.75, 3.05) is 13.7 Å². The number of ether oxygens (including phenoxy) is 1. The van der Waals surface area contributed by atoms with Crippen LogP contribution in [0.1, 0.15) is 35.0 Å². The van der Waals surface area contributed by atoms with Gasteiger partial charge in [-0.05, 0) is 61.7 Å². The molecule has 0 spiro atoms. The van der Waals surface area contributed by atoms with E-state index in [0.717, 1.165) is 0 Å². The normalized spacial score (nSPS) is 11.8. The smallest absolute Gasteiger partial charge is 0.243 e. The van der Waals surface area contributed by atoms with Crippen LogP contribution < -0.4 is 4.74 Å². The van der Waals surface area contributed by atoms with Crippen molar-refractivity contribution >= 4 is 10.0 Å². The number of aromatic nitrogens is 2. The molecule has 0 bridgehead atoms. The lowest BCUT2D eigenvalue weighted by Crippen LogP contribution is -2.31. The Bertz CT molecular complexity index is 1100. The van der Waals surface area contributed by atoms with Gasteiger partial charge in [0, 0.05) is 25.5 Å². The molecule has 0 aliphatic carbocycles. The van der Waals surface area contributed by atoms with Gasteiger partial charge in [-0.25, -0.2) is 13.4 Å². The second-order valence-corrected chi connectivity index (χ2v) is 9.39. The highest BCUT2D eigenvalue weighted by atomic mass is 32.2. The molecule has 3 aromatic rings. The highest BCUT2D eigenvalue weighted by molar-refractivity contribution is 7.89. The van der Waals surface area contributed by atoms with Crippen molar-refractivity contribution in [3.05, 3.63) is 76.9 Å². The monoisotopic (exact) mass is 427 g/mol.